The summed E-state index contributed by atoms with van der Waals surface area (Å²) in [6, 6.07) is 17.8. The molecular formula is C49H66N4O5. The molecule has 4 aliphatic rings. The molecule has 0 amide bonds. The highest BCUT2D eigenvalue weighted by atomic mass is 16.5. The number of ether oxygens (including phenoxy) is 5. The third-order valence-corrected chi connectivity index (χ3v) is 11.6. The van der Waals surface area contributed by atoms with E-state index in [0.717, 1.165) is 99.3 Å². The molecule has 0 radical (unpaired) electrons. The first kappa shape index (κ1) is 42.6. The number of methoxy groups -OCH3 is 5. The topological polar surface area (TPSA) is 67.9 Å². The zero-order valence-electron chi connectivity index (χ0n) is 36.5. The van der Waals surface area contributed by atoms with Crippen LogP contribution in [0.4, 0.5) is 5.69 Å². The summed E-state index contributed by atoms with van der Waals surface area (Å²) in [6.07, 6.45) is 15.8. The number of aryl methyl sites for hydroxylation is 1. The Morgan fingerprint density at radius 2 is 1.52 bits per heavy atom. The van der Waals surface area contributed by atoms with Crippen LogP contribution in [0.25, 0.3) is 11.1 Å². The van der Waals surface area contributed by atoms with Crippen molar-refractivity contribution in [1.82, 2.24) is 15.1 Å². The number of hydrogen-bond donors (Lipinski definition) is 1. The molecule has 0 aromatic heterocycles. The molecule has 3 aromatic rings. The van der Waals surface area contributed by atoms with Gasteiger partial charge in [0, 0.05) is 82.1 Å². The van der Waals surface area contributed by atoms with Crippen molar-refractivity contribution in [1.29, 1.82) is 0 Å². The van der Waals surface area contributed by atoms with Crippen LogP contribution in [-0.2, 0) is 6.42 Å². The normalized spacial score (nSPS) is 17.1. The van der Waals surface area contributed by atoms with E-state index in [9.17, 15) is 0 Å². The smallest absolute Gasteiger partial charge is 0.164 e. The summed E-state index contributed by atoms with van der Waals surface area (Å²) in [7, 11) is 10.8. The molecule has 0 spiro atoms. The molecule has 1 N–H and O–H groups in total. The van der Waals surface area contributed by atoms with Gasteiger partial charge in [-0.3, -0.25) is 4.90 Å². The molecule has 0 atom stereocenters. The zero-order valence-corrected chi connectivity index (χ0v) is 36.5. The van der Waals surface area contributed by atoms with E-state index in [2.05, 4.69) is 101 Å². The zero-order chi connectivity index (χ0) is 41.2. The average Bonchev–Trinajstić information content (AvgIpc) is 4.12. The summed E-state index contributed by atoms with van der Waals surface area (Å²) < 4.78 is 28.9. The SMILES string of the molecule is CC.CCCc1cc(C2=CNCC(CN3CCC(N(CC4=CN(C)CC(c5cc(OC)c(OC)c(C6CC6)c5)=C4)c4cccc(OC)c4)CC3)=C2)cc(OC)c1OC. The fourth-order valence-corrected chi connectivity index (χ4v) is 8.67. The molecule has 58 heavy (non-hydrogen) atoms. The highest BCUT2D eigenvalue weighted by Crippen LogP contribution is 2.49. The molecule has 312 valence electrons. The van der Waals surface area contributed by atoms with E-state index in [0.29, 0.717) is 12.0 Å². The Morgan fingerprint density at radius 3 is 2.19 bits per heavy atom. The number of dihydropyridines is 1. The first-order valence-electron chi connectivity index (χ1n) is 21.2. The number of anilines is 1. The van der Waals surface area contributed by atoms with E-state index < -0.39 is 0 Å². The summed E-state index contributed by atoms with van der Waals surface area (Å²) in [5.74, 6) is 4.73. The first-order chi connectivity index (χ1) is 28.3. The van der Waals surface area contributed by atoms with Crippen LogP contribution in [0.5, 0.6) is 28.7 Å². The van der Waals surface area contributed by atoms with Gasteiger partial charge in [0.25, 0.3) is 0 Å². The Labute approximate surface area is 347 Å². The van der Waals surface area contributed by atoms with Crippen LogP contribution >= 0.6 is 0 Å². The third kappa shape index (κ3) is 9.98. The van der Waals surface area contributed by atoms with Crippen LogP contribution in [0, 0.1) is 0 Å². The summed E-state index contributed by atoms with van der Waals surface area (Å²) in [5, 5.41) is 3.56. The number of hydrogen-bond acceptors (Lipinski definition) is 9. The van der Waals surface area contributed by atoms with E-state index in [-0.39, 0.29) is 0 Å². The summed E-state index contributed by atoms with van der Waals surface area (Å²) >= 11 is 0. The maximum atomic E-state index is 5.85. The lowest BCUT2D eigenvalue weighted by molar-refractivity contribution is 0.224. The van der Waals surface area contributed by atoms with E-state index in [1.807, 2.05) is 19.9 Å². The lowest BCUT2D eigenvalue weighted by Crippen LogP contribution is -2.46. The second-order valence-electron chi connectivity index (χ2n) is 15.6. The maximum absolute atomic E-state index is 5.85. The number of allylic oxidation sites excluding steroid dienone is 2. The molecule has 3 heterocycles. The lowest BCUT2D eigenvalue weighted by atomic mass is 9.95. The van der Waals surface area contributed by atoms with Crippen LogP contribution in [-0.4, -0.2) is 97.7 Å². The predicted octanol–water partition coefficient (Wildman–Crippen LogP) is 9.34. The van der Waals surface area contributed by atoms with Crippen molar-refractivity contribution < 1.29 is 23.7 Å². The fraction of sp³-hybridized carbons (Fsp3) is 0.469. The van der Waals surface area contributed by atoms with Gasteiger partial charge in [-0.2, -0.15) is 0 Å². The van der Waals surface area contributed by atoms with Crippen molar-refractivity contribution in [3.8, 4) is 28.7 Å². The van der Waals surface area contributed by atoms with Gasteiger partial charge in [-0.1, -0.05) is 45.4 Å². The Balaban J connectivity index is 0.00000279. The van der Waals surface area contributed by atoms with Gasteiger partial charge in [-0.05, 0) is 113 Å². The molecule has 9 nitrogen and oxygen atoms in total. The van der Waals surface area contributed by atoms with E-state index in [1.165, 1.54) is 57.5 Å². The quantitative estimate of drug-likeness (QED) is 0.153. The number of benzene rings is 3. The van der Waals surface area contributed by atoms with Gasteiger partial charge >= 0.3 is 0 Å². The molecule has 1 aliphatic carbocycles. The number of nitrogens with one attached hydrogen (secondary N) is 1. The van der Waals surface area contributed by atoms with Gasteiger partial charge in [0.1, 0.15) is 5.75 Å². The van der Waals surface area contributed by atoms with Gasteiger partial charge in [0.05, 0.1) is 35.5 Å². The van der Waals surface area contributed by atoms with Crippen molar-refractivity contribution in [2.45, 2.75) is 71.3 Å². The molecule has 2 fully saturated rings. The van der Waals surface area contributed by atoms with Crippen molar-refractivity contribution in [3.05, 3.63) is 106 Å². The molecule has 3 aliphatic heterocycles. The third-order valence-electron chi connectivity index (χ3n) is 11.6. The van der Waals surface area contributed by atoms with Crippen molar-refractivity contribution in [2.75, 3.05) is 86.8 Å². The highest BCUT2D eigenvalue weighted by Gasteiger charge is 2.31. The summed E-state index contributed by atoms with van der Waals surface area (Å²) in [6.45, 7) is 11.7. The molecule has 0 bridgehead atoms. The maximum Gasteiger partial charge on any atom is 0.164 e. The van der Waals surface area contributed by atoms with Gasteiger partial charge in [0.2, 0.25) is 0 Å². The van der Waals surface area contributed by atoms with Crippen molar-refractivity contribution in [2.24, 2.45) is 0 Å². The van der Waals surface area contributed by atoms with Crippen LogP contribution in [0.2, 0.25) is 0 Å². The van der Waals surface area contributed by atoms with Gasteiger partial charge in [-0.25, -0.2) is 0 Å². The standard InChI is InChI=1S/C47H60N4O5.C2H6/c1-8-10-35-21-36(23-44(53-4)46(35)55-6)38-19-32(26-48-27-38)29-50-17-15-40(16-18-50)51(41-11-9-12-42(25-41)52-3)30-33-20-39(31-49(2)28-33)37-22-43(34-13-14-34)47(56-7)45(24-37)54-5;1-2/h9,11-12,19-25,27-28,34,40,48H,8,10,13-18,26,29-31H2,1-7H3;1-2H3. The van der Waals surface area contributed by atoms with E-state index >= 15 is 0 Å². The summed E-state index contributed by atoms with van der Waals surface area (Å²) in [4.78, 5) is 7.54. The van der Waals surface area contributed by atoms with Crippen LogP contribution in [0.3, 0.4) is 0 Å². The number of rotatable bonds is 16. The Bertz CT molecular complexity index is 1990. The van der Waals surface area contributed by atoms with Crippen LogP contribution in [0.1, 0.15) is 81.0 Å². The molecule has 1 saturated carbocycles. The molecule has 1 saturated heterocycles. The Kier molecular flexibility index (Phi) is 14.8. The average molecular weight is 791 g/mol. The Morgan fingerprint density at radius 1 is 0.793 bits per heavy atom. The number of likely N-dealkylation sites (tertiary alicyclic amines) is 1. The number of likely N-dealkylation sites (N-methyl/N-ethyl adjacent to an activating group) is 1. The minimum atomic E-state index is 0.392. The molecular weight excluding hydrogens is 725 g/mol. The van der Waals surface area contributed by atoms with E-state index in [1.54, 1.807) is 35.5 Å². The monoisotopic (exact) mass is 791 g/mol. The summed E-state index contributed by atoms with van der Waals surface area (Å²) in [5.41, 5.74) is 11.2. The van der Waals surface area contributed by atoms with E-state index in [4.69, 9.17) is 23.7 Å². The molecule has 3 aromatic carbocycles. The van der Waals surface area contributed by atoms with Gasteiger partial charge < -0.3 is 38.8 Å². The lowest BCUT2D eigenvalue weighted by Gasteiger charge is -2.41. The highest BCUT2D eigenvalue weighted by molar-refractivity contribution is 5.78. The molecule has 7 rings (SSSR count). The number of piperidine rings is 1. The van der Waals surface area contributed by atoms with Gasteiger partial charge in [0.15, 0.2) is 23.0 Å². The van der Waals surface area contributed by atoms with Crippen molar-refractivity contribution >= 4 is 16.8 Å². The molecule has 9 heteroatoms. The van der Waals surface area contributed by atoms with Crippen molar-refractivity contribution in [3.63, 3.8) is 0 Å². The first-order valence-corrected chi connectivity index (χ1v) is 21.2. The second-order valence-corrected chi connectivity index (χ2v) is 15.6. The predicted molar refractivity (Wildman–Crippen MR) is 239 cm³/mol. The van der Waals surface area contributed by atoms with Crippen LogP contribution < -0.4 is 33.9 Å². The number of nitrogens with zero attached hydrogens (tertiary/aromatic N) is 3. The van der Waals surface area contributed by atoms with Crippen LogP contribution in [0.15, 0.2) is 84.2 Å². The Hall–Kier alpha value is -5.02. The minimum absolute atomic E-state index is 0.392. The minimum Gasteiger partial charge on any atom is -0.497 e. The second kappa shape index (κ2) is 20.1. The largest absolute Gasteiger partial charge is 0.497 e. The van der Waals surface area contributed by atoms with Gasteiger partial charge in [-0.15, -0.1) is 0 Å². The molecule has 0 unspecified atom stereocenters. The fourth-order valence-electron chi connectivity index (χ4n) is 8.67.